The summed E-state index contributed by atoms with van der Waals surface area (Å²) >= 11 is 0. The number of carbonyl (C=O) groups excluding carboxylic acids is 1. The van der Waals surface area contributed by atoms with E-state index in [2.05, 4.69) is 20.8 Å². The zero-order chi connectivity index (χ0) is 9.90. The quantitative estimate of drug-likeness (QED) is 0.652. The second kappa shape index (κ2) is 4.26. The lowest BCUT2D eigenvalue weighted by atomic mass is 9.65. The predicted octanol–water partition coefficient (Wildman–Crippen LogP) is 3.57. The lowest BCUT2D eigenvalue weighted by molar-refractivity contribution is -0.137. The van der Waals surface area contributed by atoms with E-state index >= 15 is 0 Å². The molecule has 1 aliphatic rings. The molecule has 1 unspecified atom stereocenters. The van der Waals surface area contributed by atoms with Crippen molar-refractivity contribution < 1.29 is 4.79 Å². The molecule has 0 radical (unpaired) electrons. The van der Waals surface area contributed by atoms with E-state index in [1.54, 1.807) is 0 Å². The Morgan fingerprint density at radius 1 is 1.31 bits per heavy atom. The largest absolute Gasteiger partial charge is 0.299 e. The Morgan fingerprint density at radius 3 is 2.38 bits per heavy atom. The average molecular weight is 182 g/mol. The first kappa shape index (κ1) is 10.7. The standard InChI is InChI=1S/C12H22O/c1-4-10-8-7-9-12(5-2,6-3)11(10)13/h10H,4-9H2,1-3H3. The molecule has 13 heavy (non-hydrogen) atoms. The van der Waals surface area contributed by atoms with E-state index in [0.717, 1.165) is 32.1 Å². The number of carbonyl (C=O) groups is 1. The van der Waals surface area contributed by atoms with Crippen LogP contribution in [0.1, 0.15) is 59.3 Å². The Labute approximate surface area is 81.9 Å². The van der Waals surface area contributed by atoms with Gasteiger partial charge in [-0.05, 0) is 32.1 Å². The van der Waals surface area contributed by atoms with Gasteiger partial charge in [-0.25, -0.2) is 0 Å². The fourth-order valence-corrected chi connectivity index (χ4v) is 2.72. The van der Waals surface area contributed by atoms with Gasteiger partial charge < -0.3 is 0 Å². The van der Waals surface area contributed by atoms with E-state index in [1.807, 2.05) is 0 Å². The first-order valence-electron chi connectivity index (χ1n) is 5.74. The fraction of sp³-hybridized carbons (Fsp3) is 0.917. The summed E-state index contributed by atoms with van der Waals surface area (Å²) in [6, 6.07) is 0. The van der Waals surface area contributed by atoms with Crippen molar-refractivity contribution in [3.8, 4) is 0 Å². The molecule has 1 atom stereocenters. The third-order valence-electron chi connectivity index (χ3n) is 3.95. The van der Waals surface area contributed by atoms with Crippen molar-refractivity contribution in [2.75, 3.05) is 0 Å². The van der Waals surface area contributed by atoms with Gasteiger partial charge in [0.25, 0.3) is 0 Å². The van der Waals surface area contributed by atoms with Gasteiger partial charge in [-0.3, -0.25) is 4.79 Å². The molecule has 0 aromatic rings. The molecule has 0 bridgehead atoms. The first-order chi connectivity index (χ1) is 6.20. The van der Waals surface area contributed by atoms with Gasteiger partial charge in [-0.1, -0.05) is 27.2 Å². The smallest absolute Gasteiger partial charge is 0.142 e. The van der Waals surface area contributed by atoms with Gasteiger partial charge in [0.05, 0.1) is 0 Å². The van der Waals surface area contributed by atoms with E-state index < -0.39 is 0 Å². The normalized spacial score (nSPS) is 27.6. The number of ketones is 1. The molecule has 1 fully saturated rings. The summed E-state index contributed by atoms with van der Waals surface area (Å²) in [6.45, 7) is 6.48. The molecule has 76 valence electrons. The predicted molar refractivity (Wildman–Crippen MR) is 55.7 cm³/mol. The van der Waals surface area contributed by atoms with Crippen LogP contribution < -0.4 is 0 Å². The van der Waals surface area contributed by atoms with E-state index in [-0.39, 0.29) is 5.41 Å². The topological polar surface area (TPSA) is 17.1 Å². The molecular formula is C12H22O. The van der Waals surface area contributed by atoms with Gasteiger partial charge >= 0.3 is 0 Å². The summed E-state index contributed by atoms with van der Waals surface area (Å²) < 4.78 is 0. The van der Waals surface area contributed by atoms with Crippen LogP contribution in [0.25, 0.3) is 0 Å². The highest BCUT2D eigenvalue weighted by Gasteiger charge is 2.40. The molecule has 1 nitrogen and oxygen atoms in total. The van der Waals surface area contributed by atoms with Gasteiger partial charge in [0, 0.05) is 11.3 Å². The highest BCUT2D eigenvalue weighted by molar-refractivity contribution is 5.87. The van der Waals surface area contributed by atoms with Gasteiger partial charge in [0.2, 0.25) is 0 Å². The van der Waals surface area contributed by atoms with Crippen LogP contribution in [0, 0.1) is 11.3 Å². The molecule has 1 saturated carbocycles. The maximum absolute atomic E-state index is 12.1. The monoisotopic (exact) mass is 182 g/mol. The molecule has 0 saturated heterocycles. The maximum Gasteiger partial charge on any atom is 0.142 e. The van der Waals surface area contributed by atoms with Crippen LogP contribution in [-0.2, 0) is 4.79 Å². The van der Waals surface area contributed by atoms with Crippen molar-refractivity contribution >= 4 is 5.78 Å². The second-order valence-electron chi connectivity index (χ2n) is 4.35. The van der Waals surface area contributed by atoms with Crippen LogP contribution in [-0.4, -0.2) is 5.78 Å². The molecule has 0 N–H and O–H groups in total. The summed E-state index contributed by atoms with van der Waals surface area (Å²) in [5.74, 6) is 0.930. The van der Waals surface area contributed by atoms with Crippen molar-refractivity contribution in [1.82, 2.24) is 0 Å². The van der Waals surface area contributed by atoms with E-state index in [9.17, 15) is 4.79 Å². The Kier molecular flexibility index (Phi) is 3.52. The van der Waals surface area contributed by atoms with Crippen LogP contribution in [0.3, 0.4) is 0 Å². The van der Waals surface area contributed by atoms with Crippen LogP contribution in [0.2, 0.25) is 0 Å². The summed E-state index contributed by atoms with van der Waals surface area (Å²) in [5.41, 5.74) is 0.0545. The number of Topliss-reactive ketones (excluding diaryl/α,β-unsaturated/α-hetero) is 1. The number of hydrogen-bond donors (Lipinski definition) is 0. The SMILES string of the molecule is CCC1CCCC(CC)(CC)C1=O. The Bertz CT molecular complexity index is 180. The Hall–Kier alpha value is -0.330. The second-order valence-corrected chi connectivity index (χ2v) is 4.35. The Morgan fingerprint density at radius 2 is 1.92 bits per heavy atom. The zero-order valence-electron chi connectivity index (χ0n) is 9.23. The molecule has 1 rings (SSSR count). The van der Waals surface area contributed by atoms with Gasteiger partial charge in [-0.15, -0.1) is 0 Å². The van der Waals surface area contributed by atoms with Crippen molar-refractivity contribution in [1.29, 1.82) is 0 Å². The minimum atomic E-state index is 0.0545. The van der Waals surface area contributed by atoms with E-state index in [0.29, 0.717) is 11.7 Å². The molecule has 1 aliphatic carbocycles. The molecule has 0 heterocycles. The summed E-state index contributed by atoms with van der Waals surface area (Å²) in [7, 11) is 0. The number of rotatable bonds is 3. The van der Waals surface area contributed by atoms with Crippen molar-refractivity contribution in [3.63, 3.8) is 0 Å². The lowest BCUT2D eigenvalue weighted by Gasteiger charge is -2.38. The molecular weight excluding hydrogens is 160 g/mol. The fourth-order valence-electron chi connectivity index (χ4n) is 2.72. The minimum absolute atomic E-state index is 0.0545. The van der Waals surface area contributed by atoms with Crippen LogP contribution in [0.4, 0.5) is 0 Å². The summed E-state index contributed by atoms with van der Waals surface area (Å²) in [6.07, 6.45) is 6.65. The van der Waals surface area contributed by atoms with Crippen molar-refractivity contribution in [2.45, 2.75) is 59.3 Å². The number of hydrogen-bond acceptors (Lipinski definition) is 1. The van der Waals surface area contributed by atoms with Crippen molar-refractivity contribution in [3.05, 3.63) is 0 Å². The minimum Gasteiger partial charge on any atom is -0.299 e. The highest BCUT2D eigenvalue weighted by Crippen LogP contribution is 2.42. The zero-order valence-corrected chi connectivity index (χ0v) is 9.23. The summed E-state index contributed by atoms with van der Waals surface area (Å²) in [5, 5.41) is 0. The van der Waals surface area contributed by atoms with Gasteiger partial charge in [-0.2, -0.15) is 0 Å². The lowest BCUT2D eigenvalue weighted by Crippen LogP contribution is -2.38. The van der Waals surface area contributed by atoms with Gasteiger partial charge in [0.15, 0.2) is 0 Å². The molecule has 0 aliphatic heterocycles. The van der Waals surface area contributed by atoms with Crippen LogP contribution >= 0.6 is 0 Å². The third kappa shape index (κ3) is 1.79. The average Bonchev–Trinajstić information content (AvgIpc) is 2.19. The van der Waals surface area contributed by atoms with Crippen LogP contribution in [0.15, 0.2) is 0 Å². The van der Waals surface area contributed by atoms with Crippen LogP contribution in [0.5, 0.6) is 0 Å². The molecule has 0 amide bonds. The van der Waals surface area contributed by atoms with E-state index in [4.69, 9.17) is 0 Å². The molecule has 0 spiro atoms. The molecule has 0 aromatic carbocycles. The first-order valence-corrected chi connectivity index (χ1v) is 5.74. The third-order valence-corrected chi connectivity index (χ3v) is 3.95. The Balaban J connectivity index is 2.79. The molecule has 1 heteroatoms. The van der Waals surface area contributed by atoms with Gasteiger partial charge in [0.1, 0.15) is 5.78 Å². The summed E-state index contributed by atoms with van der Waals surface area (Å²) in [4.78, 5) is 12.1. The van der Waals surface area contributed by atoms with E-state index in [1.165, 1.54) is 6.42 Å². The molecule has 0 aromatic heterocycles. The highest BCUT2D eigenvalue weighted by atomic mass is 16.1. The van der Waals surface area contributed by atoms with Crippen molar-refractivity contribution in [2.24, 2.45) is 11.3 Å². The maximum atomic E-state index is 12.1.